The Bertz CT molecular complexity index is 1200. The molecule has 3 aliphatic rings. The second-order valence-corrected chi connectivity index (χ2v) is 10.3. The van der Waals surface area contributed by atoms with E-state index >= 15 is 0 Å². The van der Waals surface area contributed by atoms with Crippen LogP contribution < -0.4 is 0 Å². The van der Waals surface area contributed by atoms with Gasteiger partial charge in [-0.25, -0.2) is 14.6 Å². The molecule has 1 saturated heterocycles. The zero-order valence-corrected chi connectivity index (χ0v) is 19.5. The summed E-state index contributed by atoms with van der Waals surface area (Å²) in [6.45, 7) is 2.03. The summed E-state index contributed by atoms with van der Waals surface area (Å²) in [5.74, 6) is 1.68. The lowest BCUT2D eigenvalue weighted by Crippen LogP contribution is -2.41. The van der Waals surface area contributed by atoms with Gasteiger partial charge in [0.25, 0.3) is 0 Å². The van der Waals surface area contributed by atoms with E-state index in [9.17, 15) is 4.79 Å². The fraction of sp³-hybridized carbons (Fsp3) is 0.609. The molecule has 1 aliphatic heterocycles. The number of likely N-dealkylation sites (tertiary alicyclic amines) is 1. The van der Waals surface area contributed by atoms with Crippen molar-refractivity contribution in [3.63, 3.8) is 0 Å². The fourth-order valence-electron chi connectivity index (χ4n) is 5.91. The molecule has 1 saturated carbocycles. The highest BCUT2D eigenvalue weighted by Crippen LogP contribution is 2.47. The molecule has 0 amide bonds. The summed E-state index contributed by atoms with van der Waals surface area (Å²) in [6, 6.07) is 0.310. The Balaban J connectivity index is 1.48. The fourth-order valence-corrected chi connectivity index (χ4v) is 6.45. The Hall–Kier alpha value is -2.26. The molecule has 2 aliphatic carbocycles. The quantitative estimate of drug-likeness (QED) is 0.438. The number of fused-ring (bicyclic) bond motifs is 3. The molecule has 0 bridgehead atoms. The van der Waals surface area contributed by atoms with Crippen LogP contribution in [0, 0.1) is 0 Å². The predicted octanol–water partition coefficient (Wildman–Crippen LogP) is 3.80. The average Bonchev–Trinajstić information content (AvgIpc) is 3.53. The number of hydrogen-bond donors (Lipinski definition) is 0. The number of aromatic nitrogens is 5. The maximum atomic E-state index is 13.0. The third-order valence-electron chi connectivity index (χ3n) is 7.58. The summed E-state index contributed by atoms with van der Waals surface area (Å²) in [7, 11) is 2.14. The summed E-state index contributed by atoms with van der Waals surface area (Å²) in [5, 5.41) is 11.0. The summed E-state index contributed by atoms with van der Waals surface area (Å²) in [6.07, 6.45) is 11.2. The van der Waals surface area contributed by atoms with Crippen LogP contribution in [0.4, 0.5) is 0 Å². The summed E-state index contributed by atoms with van der Waals surface area (Å²) in [4.78, 5) is 25.1. The summed E-state index contributed by atoms with van der Waals surface area (Å²) < 4.78 is 7.99. The lowest BCUT2D eigenvalue weighted by Gasteiger charge is -2.36. The number of Topliss-reactive ketones (excluding diaryl/α,β-unsaturated/α-hetero) is 1. The van der Waals surface area contributed by atoms with Crippen molar-refractivity contribution < 1.29 is 9.32 Å². The standard InChI is InChI=1S/C23H28N6O2S/c1-28-11-8-14(13-28)29-21-16(12-24-29)22(32-2)26-20(25-21)18-15-6-5-10-23(19(15)31-27-18)9-4-3-7-17(23)30/h12,14H,3-11,13H2,1-2H3/t14-,23+/m0/s1. The van der Waals surface area contributed by atoms with E-state index in [0.29, 0.717) is 29.8 Å². The van der Waals surface area contributed by atoms with Gasteiger partial charge in [0.05, 0.1) is 23.0 Å². The van der Waals surface area contributed by atoms with Crippen LogP contribution in [-0.4, -0.2) is 62.0 Å². The first-order valence-electron chi connectivity index (χ1n) is 11.6. The topological polar surface area (TPSA) is 89.9 Å². The number of hydrogen-bond acceptors (Lipinski definition) is 8. The van der Waals surface area contributed by atoms with Gasteiger partial charge in [-0.3, -0.25) is 4.79 Å². The molecule has 2 atom stereocenters. The molecule has 0 N–H and O–H groups in total. The Morgan fingerprint density at radius 1 is 1.19 bits per heavy atom. The number of carbonyl (C=O) groups excluding carboxylic acids is 1. The lowest BCUT2D eigenvalue weighted by molar-refractivity contribution is -0.128. The molecule has 3 aromatic rings. The molecule has 1 spiro atoms. The Morgan fingerprint density at radius 2 is 2.06 bits per heavy atom. The van der Waals surface area contributed by atoms with Crippen LogP contribution >= 0.6 is 11.8 Å². The molecule has 8 nitrogen and oxygen atoms in total. The number of carbonyl (C=O) groups is 1. The molecular weight excluding hydrogens is 424 g/mol. The van der Waals surface area contributed by atoms with Crippen molar-refractivity contribution in [2.75, 3.05) is 26.4 Å². The van der Waals surface area contributed by atoms with Crippen LogP contribution in [0.25, 0.3) is 22.6 Å². The van der Waals surface area contributed by atoms with E-state index in [1.54, 1.807) is 11.8 Å². The van der Waals surface area contributed by atoms with E-state index in [1.807, 2.05) is 12.5 Å². The third-order valence-corrected chi connectivity index (χ3v) is 8.28. The molecule has 4 heterocycles. The first-order valence-corrected chi connectivity index (χ1v) is 12.8. The Labute approximate surface area is 191 Å². The predicted molar refractivity (Wildman–Crippen MR) is 122 cm³/mol. The molecule has 2 fully saturated rings. The van der Waals surface area contributed by atoms with Crippen molar-refractivity contribution in [3.8, 4) is 11.5 Å². The Kier molecular flexibility index (Phi) is 4.87. The minimum Gasteiger partial charge on any atom is -0.359 e. The number of ketones is 1. The first-order chi connectivity index (χ1) is 15.6. The molecule has 0 unspecified atom stereocenters. The molecule has 32 heavy (non-hydrogen) atoms. The van der Waals surface area contributed by atoms with Crippen LogP contribution in [0.2, 0.25) is 0 Å². The van der Waals surface area contributed by atoms with Gasteiger partial charge in [-0.15, -0.1) is 11.8 Å². The van der Waals surface area contributed by atoms with Crippen molar-refractivity contribution in [3.05, 3.63) is 17.5 Å². The maximum Gasteiger partial charge on any atom is 0.185 e. The van der Waals surface area contributed by atoms with Crippen LogP contribution in [0.1, 0.15) is 62.3 Å². The minimum absolute atomic E-state index is 0.310. The first kappa shape index (κ1) is 20.4. The number of thioether (sulfide) groups is 1. The number of rotatable bonds is 3. The maximum absolute atomic E-state index is 13.0. The van der Waals surface area contributed by atoms with Crippen molar-refractivity contribution in [2.24, 2.45) is 0 Å². The number of likely N-dealkylation sites (N-methyl/N-ethyl adjacent to an activating group) is 1. The van der Waals surface area contributed by atoms with E-state index < -0.39 is 5.41 Å². The van der Waals surface area contributed by atoms with Crippen molar-refractivity contribution >= 4 is 28.6 Å². The average molecular weight is 453 g/mol. The third kappa shape index (κ3) is 2.97. The molecule has 0 radical (unpaired) electrons. The molecule has 3 aromatic heterocycles. The van der Waals surface area contributed by atoms with E-state index in [4.69, 9.17) is 19.6 Å². The molecule has 168 valence electrons. The lowest BCUT2D eigenvalue weighted by atomic mass is 9.64. The van der Waals surface area contributed by atoms with E-state index in [2.05, 4.69) is 21.8 Å². The van der Waals surface area contributed by atoms with Gasteiger partial charge in [-0.05, 0) is 51.8 Å². The number of nitrogens with zero attached hydrogens (tertiary/aromatic N) is 6. The smallest absolute Gasteiger partial charge is 0.185 e. The van der Waals surface area contributed by atoms with Gasteiger partial charge in [0, 0.05) is 25.1 Å². The van der Waals surface area contributed by atoms with Gasteiger partial charge in [-0.1, -0.05) is 11.6 Å². The van der Waals surface area contributed by atoms with E-state index in [1.165, 1.54) is 0 Å². The van der Waals surface area contributed by atoms with Crippen molar-refractivity contribution in [1.29, 1.82) is 0 Å². The van der Waals surface area contributed by atoms with E-state index in [-0.39, 0.29) is 0 Å². The van der Waals surface area contributed by atoms with Gasteiger partial charge >= 0.3 is 0 Å². The largest absolute Gasteiger partial charge is 0.359 e. The second-order valence-electron chi connectivity index (χ2n) is 9.49. The van der Waals surface area contributed by atoms with E-state index in [0.717, 1.165) is 85.4 Å². The van der Waals surface area contributed by atoms with Gasteiger partial charge < -0.3 is 9.42 Å². The molecular formula is C23H28N6O2S. The van der Waals surface area contributed by atoms with Crippen LogP contribution in [0.3, 0.4) is 0 Å². The zero-order valence-electron chi connectivity index (χ0n) is 18.6. The zero-order chi connectivity index (χ0) is 21.9. The Morgan fingerprint density at radius 3 is 2.84 bits per heavy atom. The highest BCUT2D eigenvalue weighted by molar-refractivity contribution is 7.98. The minimum atomic E-state index is -0.486. The molecule has 9 heteroatoms. The monoisotopic (exact) mass is 452 g/mol. The summed E-state index contributed by atoms with van der Waals surface area (Å²) >= 11 is 1.60. The van der Waals surface area contributed by atoms with Crippen LogP contribution in [0.15, 0.2) is 15.7 Å². The second kappa shape index (κ2) is 7.66. The van der Waals surface area contributed by atoms with Crippen LogP contribution in [-0.2, 0) is 16.6 Å². The highest BCUT2D eigenvalue weighted by atomic mass is 32.2. The van der Waals surface area contributed by atoms with Crippen LogP contribution in [0.5, 0.6) is 0 Å². The van der Waals surface area contributed by atoms with Gasteiger partial charge in [0.2, 0.25) is 0 Å². The van der Waals surface area contributed by atoms with Crippen molar-refractivity contribution in [1.82, 2.24) is 29.8 Å². The van der Waals surface area contributed by atoms with Gasteiger partial charge in [-0.2, -0.15) is 5.10 Å². The van der Waals surface area contributed by atoms with Gasteiger partial charge in [0.1, 0.15) is 10.8 Å². The van der Waals surface area contributed by atoms with Crippen molar-refractivity contribution in [2.45, 2.75) is 67.8 Å². The molecule has 6 rings (SSSR count). The highest BCUT2D eigenvalue weighted by Gasteiger charge is 2.48. The SMILES string of the molecule is CSc1nc(-c2noc3c2CCC[C@@]32CCCCC2=O)nc2c1cnn2[C@H]1CCN(C)C1. The normalized spacial score (nSPS) is 26.3. The van der Waals surface area contributed by atoms with Gasteiger partial charge in [0.15, 0.2) is 22.9 Å². The summed E-state index contributed by atoms with van der Waals surface area (Å²) in [5.41, 5.74) is 2.10. The molecule has 0 aromatic carbocycles.